The lowest BCUT2D eigenvalue weighted by Gasteiger charge is -2.18. The van der Waals surface area contributed by atoms with E-state index in [1.54, 1.807) is 12.3 Å². The Kier molecular flexibility index (Phi) is 3.51. The monoisotopic (exact) mass is 241 g/mol. The molecule has 16 heavy (non-hydrogen) atoms. The van der Waals surface area contributed by atoms with Crippen molar-refractivity contribution in [2.75, 3.05) is 6.54 Å². The van der Waals surface area contributed by atoms with Crippen LogP contribution in [0.25, 0.3) is 0 Å². The highest BCUT2D eigenvalue weighted by atomic mass is 35.5. The van der Waals surface area contributed by atoms with Gasteiger partial charge in [-0.25, -0.2) is 0 Å². The zero-order chi connectivity index (χ0) is 11.5. The van der Waals surface area contributed by atoms with Crippen molar-refractivity contribution >= 4 is 17.5 Å². The predicted molar refractivity (Wildman–Crippen MR) is 63.5 cm³/mol. The highest BCUT2D eigenvalue weighted by molar-refractivity contribution is 6.30. The van der Waals surface area contributed by atoms with Gasteiger partial charge in [-0.3, -0.25) is 4.79 Å². The number of H-pyrrole nitrogens is 1. The van der Waals surface area contributed by atoms with Crippen LogP contribution in [0.15, 0.2) is 12.3 Å². The molecule has 1 aliphatic rings. The summed E-state index contributed by atoms with van der Waals surface area (Å²) in [7, 11) is 0. The largest absolute Gasteiger partial charge is 0.356 e. The predicted octanol–water partition coefficient (Wildman–Crippen LogP) is 1.53. The molecule has 4 N–H and O–H groups in total. The van der Waals surface area contributed by atoms with E-state index < -0.39 is 0 Å². The number of hydrogen-bond donors (Lipinski definition) is 3. The number of halogens is 1. The van der Waals surface area contributed by atoms with Gasteiger partial charge < -0.3 is 16.0 Å². The van der Waals surface area contributed by atoms with Crippen molar-refractivity contribution in [2.45, 2.75) is 25.3 Å². The van der Waals surface area contributed by atoms with Crippen molar-refractivity contribution in [3.63, 3.8) is 0 Å². The number of aromatic nitrogens is 1. The van der Waals surface area contributed by atoms with Gasteiger partial charge in [-0.1, -0.05) is 18.0 Å². The molecule has 5 heteroatoms. The first-order valence-electron chi connectivity index (χ1n) is 5.55. The van der Waals surface area contributed by atoms with E-state index in [1.807, 2.05) is 0 Å². The van der Waals surface area contributed by atoms with E-state index in [0.29, 0.717) is 23.2 Å². The Morgan fingerprint density at radius 3 is 3.06 bits per heavy atom. The topological polar surface area (TPSA) is 70.9 Å². The number of amides is 1. The van der Waals surface area contributed by atoms with Gasteiger partial charge in [0.05, 0.1) is 5.02 Å². The van der Waals surface area contributed by atoms with Crippen molar-refractivity contribution in [3.05, 3.63) is 23.0 Å². The van der Waals surface area contributed by atoms with Gasteiger partial charge in [-0.15, -0.1) is 0 Å². The van der Waals surface area contributed by atoms with E-state index >= 15 is 0 Å². The number of nitrogens with two attached hydrogens (primary N) is 1. The highest BCUT2D eigenvalue weighted by Gasteiger charge is 2.27. The van der Waals surface area contributed by atoms with E-state index in [0.717, 1.165) is 19.3 Å². The maximum Gasteiger partial charge on any atom is 0.267 e. The number of rotatable bonds is 3. The maximum atomic E-state index is 11.8. The zero-order valence-corrected chi connectivity index (χ0v) is 9.76. The van der Waals surface area contributed by atoms with E-state index in [1.165, 1.54) is 0 Å². The fraction of sp³-hybridized carbons (Fsp3) is 0.545. The van der Waals surface area contributed by atoms with E-state index in [-0.39, 0.29) is 11.9 Å². The Bertz CT molecular complexity index is 377. The van der Waals surface area contributed by atoms with Gasteiger partial charge in [0.15, 0.2) is 0 Å². The summed E-state index contributed by atoms with van der Waals surface area (Å²) in [5, 5.41) is 3.55. The first kappa shape index (κ1) is 11.5. The molecule has 0 saturated heterocycles. The zero-order valence-electron chi connectivity index (χ0n) is 9.00. The molecule has 0 aromatic carbocycles. The maximum absolute atomic E-state index is 11.8. The van der Waals surface area contributed by atoms with Crippen molar-refractivity contribution in [1.82, 2.24) is 10.3 Å². The third kappa shape index (κ3) is 2.39. The van der Waals surface area contributed by atoms with Gasteiger partial charge in [0, 0.05) is 12.2 Å². The number of carbonyl (C=O) groups is 1. The van der Waals surface area contributed by atoms with Crippen molar-refractivity contribution in [1.29, 1.82) is 0 Å². The Hall–Kier alpha value is -1.00. The average Bonchev–Trinajstić information content (AvgIpc) is 2.86. The van der Waals surface area contributed by atoms with Crippen LogP contribution in [0.1, 0.15) is 29.8 Å². The molecular weight excluding hydrogens is 226 g/mol. The van der Waals surface area contributed by atoms with Crippen LogP contribution < -0.4 is 11.1 Å². The fourth-order valence-corrected chi connectivity index (χ4v) is 2.42. The van der Waals surface area contributed by atoms with Crippen LogP contribution in [0.4, 0.5) is 0 Å². The van der Waals surface area contributed by atoms with Crippen LogP contribution in [-0.2, 0) is 0 Å². The Morgan fingerprint density at radius 1 is 1.62 bits per heavy atom. The molecular formula is C11H16ClN3O. The third-order valence-corrected chi connectivity index (χ3v) is 3.39. The molecule has 2 atom stereocenters. The molecule has 1 aliphatic carbocycles. The summed E-state index contributed by atoms with van der Waals surface area (Å²) in [6.07, 6.45) is 4.86. The van der Waals surface area contributed by atoms with Crippen LogP contribution in [-0.4, -0.2) is 23.5 Å². The van der Waals surface area contributed by atoms with Gasteiger partial charge >= 0.3 is 0 Å². The molecule has 2 rings (SSSR count). The van der Waals surface area contributed by atoms with Crippen LogP contribution in [0.3, 0.4) is 0 Å². The molecule has 1 fully saturated rings. The third-order valence-electron chi connectivity index (χ3n) is 3.17. The minimum absolute atomic E-state index is 0.0998. The van der Waals surface area contributed by atoms with Crippen LogP contribution in [0.5, 0.6) is 0 Å². The van der Waals surface area contributed by atoms with Gasteiger partial charge in [-0.2, -0.15) is 0 Å². The molecule has 1 heterocycles. The summed E-state index contributed by atoms with van der Waals surface area (Å²) >= 11 is 5.75. The van der Waals surface area contributed by atoms with Gasteiger partial charge in [0.25, 0.3) is 5.91 Å². The van der Waals surface area contributed by atoms with Gasteiger partial charge in [0.1, 0.15) is 5.69 Å². The Morgan fingerprint density at radius 2 is 2.44 bits per heavy atom. The van der Waals surface area contributed by atoms with E-state index in [2.05, 4.69) is 10.3 Å². The second kappa shape index (κ2) is 4.89. The van der Waals surface area contributed by atoms with E-state index in [9.17, 15) is 4.79 Å². The first-order valence-corrected chi connectivity index (χ1v) is 5.93. The summed E-state index contributed by atoms with van der Waals surface area (Å²) in [6, 6.07) is 1.84. The number of nitrogens with one attached hydrogen (secondary N) is 2. The molecule has 0 spiro atoms. The molecule has 2 unspecified atom stereocenters. The summed E-state index contributed by atoms with van der Waals surface area (Å²) < 4.78 is 0. The van der Waals surface area contributed by atoms with Crippen molar-refractivity contribution < 1.29 is 4.79 Å². The molecule has 1 saturated carbocycles. The second-order valence-electron chi connectivity index (χ2n) is 4.24. The molecule has 0 aliphatic heterocycles. The summed E-state index contributed by atoms with van der Waals surface area (Å²) in [5.74, 6) is 0.312. The number of aromatic amines is 1. The molecule has 4 nitrogen and oxygen atoms in total. The lowest BCUT2D eigenvalue weighted by atomic mass is 10.0. The molecule has 0 radical (unpaired) electrons. The molecule has 1 aromatic heterocycles. The van der Waals surface area contributed by atoms with Crippen molar-refractivity contribution in [3.8, 4) is 0 Å². The number of hydrogen-bond acceptors (Lipinski definition) is 2. The highest BCUT2D eigenvalue weighted by Crippen LogP contribution is 2.24. The second-order valence-corrected chi connectivity index (χ2v) is 4.67. The standard InChI is InChI=1S/C11H16ClN3O/c12-8-4-10(14-6-8)11(16)15-9-3-1-2-7(9)5-13/h4,6-7,9,14H,1-3,5,13H2,(H,15,16). The smallest absolute Gasteiger partial charge is 0.267 e. The molecule has 88 valence electrons. The van der Waals surface area contributed by atoms with Gasteiger partial charge in [0.2, 0.25) is 0 Å². The lowest BCUT2D eigenvalue weighted by molar-refractivity contribution is 0.0924. The fourth-order valence-electron chi connectivity index (χ4n) is 2.25. The minimum Gasteiger partial charge on any atom is -0.356 e. The van der Waals surface area contributed by atoms with Crippen LogP contribution in [0.2, 0.25) is 5.02 Å². The SMILES string of the molecule is NCC1CCCC1NC(=O)c1cc(Cl)c[nH]1. The lowest BCUT2D eigenvalue weighted by Crippen LogP contribution is -2.39. The first-order chi connectivity index (χ1) is 7.70. The quantitative estimate of drug-likeness (QED) is 0.751. The normalized spacial score (nSPS) is 24.6. The average molecular weight is 242 g/mol. The van der Waals surface area contributed by atoms with Crippen molar-refractivity contribution in [2.24, 2.45) is 11.7 Å². The molecule has 1 amide bonds. The Balaban J connectivity index is 1.97. The van der Waals surface area contributed by atoms with E-state index in [4.69, 9.17) is 17.3 Å². The molecule has 1 aromatic rings. The van der Waals surface area contributed by atoms with Crippen LogP contribution >= 0.6 is 11.6 Å². The minimum atomic E-state index is -0.0998. The number of carbonyl (C=O) groups excluding carboxylic acids is 1. The Labute approximate surface area is 99.5 Å². The summed E-state index contributed by atoms with van der Waals surface area (Å²) in [5.41, 5.74) is 6.17. The summed E-state index contributed by atoms with van der Waals surface area (Å²) in [6.45, 7) is 0.635. The van der Waals surface area contributed by atoms with Gasteiger partial charge in [-0.05, 0) is 31.4 Å². The van der Waals surface area contributed by atoms with Crippen LogP contribution in [0, 0.1) is 5.92 Å². The summed E-state index contributed by atoms with van der Waals surface area (Å²) in [4.78, 5) is 14.7. The molecule has 0 bridgehead atoms.